The molecule has 0 spiro atoms. The van der Waals surface area contributed by atoms with Crippen LogP contribution in [0.5, 0.6) is 0 Å². The molecule has 0 saturated heterocycles. The van der Waals surface area contributed by atoms with E-state index in [1.165, 1.54) is 54.9 Å². The van der Waals surface area contributed by atoms with Gasteiger partial charge in [0, 0.05) is 33.9 Å². The van der Waals surface area contributed by atoms with Crippen LogP contribution in [0, 0.1) is 0 Å². The molecule has 0 aliphatic carbocycles. The lowest BCUT2D eigenvalue weighted by atomic mass is 9.97. The van der Waals surface area contributed by atoms with E-state index < -0.39 is 0 Å². The first-order valence-electron chi connectivity index (χ1n) is 15.7. The highest BCUT2D eigenvalue weighted by Crippen LogP contribution is 2.36. The molecule has 0 amide bonds. The molecule has 0 unspecified atom stereocenters. The van der Waals surface area contributed by atoms with Gasteiger partial charge in [-0.05, 0) is 86.3 Å². The lowest BCUT2D eigenvalue weighted by Gasteiger charge is -2.15. The van der Waals surface area contributed by atoms with Gasteiger partial charge in [-0.15, -0.1) is 0 Å². The zero-order valence-corrected chi connectivity index (χ0v) is 25.3. The van der Waals surface area contributed by atoms with Crippen LogP contribution in [-0.2, 0) is 0 Å². The standard InChI is InChI=1S/C44H32N2/c1-2-12-35-30-36(21-20-31(35)10-1)40-15-5-7-18-43(40)45-37-26-22-32(23-27-37)33-24-28-38(29-25-33)46-44-19-8-6-16-42(44)41-17-9-13-34-11-3-4-14-39(34)41/h1-30,45-46H. The maximum atomic E-state index is 3.67. The summed E-state index contributed by atoms with van der Waals surface area (Å²) in [4.78, 5) is 0. The maximum absolute atomic E-state index is 3.67. The Kier molecular flexibility index (Phi) is 7.22. The monoisotopic (exact) mass is 588 g/mol. The number of rotatable bonds is 7. The molecule has 2 heteroatoms. The topological polar surface area (TPSA) is 24.1 Å². The molecule has 2 nitrogen and oxygen atoms in total. The van der Waals surface area contributed by atoms with Crippen molar-refractivity contribution < 1.29 is 0 Å². The fraction of sp³-hybridized carbons (Fsp3) is 0. The van der Waals surface area contributed by atoms with Crippen molar-refractivity contribution in [2.45, 2.75) is 0 Å². The smallest absolute Gasteiger partial charge is 0.0464 e. The molecule has 218 valence electrons. The van der Waals surface area contributed by atoms with Crippen molar-refractivity contribution in [3.05, 3.63) is 182 Å². The van der Waals surface area contributed by atoms with Gasteiger partial charge in [-0.3, -0.25) is 0 Å². The second-order valence-corrected chi connectivity index (χ2v) is 11.6. The number of fused-ring (bicyclic) bond motifs is 2. The van der Waals surface area contributed by atoms with Gasteiger partial charge in [0.25, 0.3) is 0 Å². The summed E-state index contributed by atoms with van der Waals surface area (Å²) in [5, 5.41) is 12.3. The van der Waals surface area contributed by atoms with Crippen LogP contribution in [0.2, 0.25) is 0 Å². The van der Waals surface area contributed by atoms with E-state index >= 15 is 0 Å². The van der Waals surface area contributed by atoms with Crippen LogP contribution in [0.4, 0.5) is 22.7 Å². The highest BCUT2D eigenvalue weighted by atomic mass is 14.9. The molecule has 0 atom stereocenters. The van der Waals surface area contributed by atoms with E-state index in [2.05, 4.69) is 193 Å². The molecule has 0 heterocycles. The van der Waals surface area contributed by atoms with Crippen LogP contribution in [-0.4, -0.2) is 0 Å². The van der Waals surface area contributed by atoms with Crippen molar-refractivity contribution in [1.82, 2.24) is 0 Å². The van der Waals surface area contributed by atoms with Crippen molar-refractivity contribution in [2.24, 2.45) is 0 Å². The summed E-state index contributed by atoms with van der Waals surface area (Å²) in [6.45, 7) is 0. The Balaban J connectivity index is 1.00. The van der Waals surface area contributed by atoms with Crippen LogP contribution in [0.25, 0.3) is 54.9 Å². The van der Waals surface area contributed by atoms with Gasteiger partial charge in [0.05, 0.1) is 0 Å². The highest BCUT2D eigenvalue weighted by Gasteiger charge is 2.10. The van der Waals surface area contributed by atoms with Crippen LogP contribution in [0.3, 0.4) is 0 Å². The van der Waals surface area contributed by atoms with E-state index in [1.807, 2.05) is 0 Å². The van der Waals surface area contributed by atoms with Crippen LogP contribution in [0.15, 0.2) is 182 Å². The summed E-state index contributed by atoms with van der Waals surface area (Å²) in [7, 11) is 0. The molecule has 8 rings (SSSR count). The van der Waals surface area contributed by atoms with Gasteiger partial charge < -0.3 is 10.6 Å². The van der Waals surface area contributed by atoms with Crippen molar-refractivity contribution in [3.63, 3.8) is 0 Å². The zero-order valence-electron chi connectivity index (χ0n) is 25.3. The number of benzene rings is 8. The maximum Gasteiger partial charge on any atom is 0.0464 e. The molecule has 8 aromatic carbocycles. The number of hydrogen-bond acceptors (Lipinski definition) is 2. The Morgan fingerprint density at radius 3 is 1.46 bits per heavy atom. The minimum absolute atomic E-state index is 1.06. The lowest BCUT2D eigenvalue weighted by molar-refractivity contribution is 1.52. The molecule has 8 aromatic rings. The molecule has 0 fully saturated rings. The molecule has 0 aliphatic heterocycles. The summed E-state index contributed by atoms with van der Waals surface area (Å²) in [5.74, 6) is 0. The minimum atomic E-state index is 1.06. The lowest BCUT2D eigenvalue weighted by Crippen LogP contribution is -1.94. The summed E-state index contributed by atoms with van der Waals surface area (Å²) in [6.07, 6.45) is 0. The third kappa shape index (κ3) is 5.49. The van der Waals surface area contributed by atoms with E-state index in [4.69, 9.17) is 0 Å². The Hall–Kier alpha value is -6.12. The molecular weight excluding hydrogens is 556 g/mol. The van der Waals surface area contributed by atoms with Crippen molar-refractivity contribution >= 4 is 44.3 Å². The second kappa shape index (κ2) is 12.1. The quantitative estimate of drug-likeness (QED) is 0.193. The SMILES string of the molecule is c1ccc(-c2ccc3ccccc3c2)c(Nc2ccc(-c3ccc(Nc4ccccc4-c4cccc5ccccc45)cc3)cc2)c1. The summed E-state index contributed by atoms with van der Waals surface area (Å²) in [6, 6.07) is 64.6. The average molecular weight is 589 g/mol. The van der Waals surface area contributed by atoms with E-state index in [1.54, 1.807) is 0 Å². The molecule has 46 heavy (non-hydrogen) atoms. The van der Waals surface area contributed by atoms with Gasteiger partial charge in [0.2, 0.25) is 0 Å². The van der Waals surface area contributed by atoms with Crippen molar-refractivity contribution in [2.75, 3.05) is 10.6 Å². The predicted molar refractivity (Wildman–Crippen MR) is 197 cm³/mol. The van der Waals surface area contributed by atoms with E-state index in [0.29, 0.717) is 0 Å². The first kappa shape index (κ1) is 27.4. The first-order valence-corrected chi connectivity index (χ1v) is 15.7. The largest absolute Gasteiger partial charge is 0.355 e. The minimum Gasteiger partial charge on any atom is -0.355 e. The second-order valence-electron chi connectivity index (χ2n) is 11.6. The van der Waals surface area contributed by atoms with E-state index in [-0.39, 0.29) is 0 Å². The number of para-hydroxylation sites is 2. The molecule has 0 aromatic heterocycles. The molecular formula is C44H32N2. The normalized spacial score (nSPS) is 11.0. The first-order chi connectivity index (χ1) is 22.8. The fourth-order valence-electron chi connectivity index (χ4n) is 6.29. The number of hydrogen-bond donors (Lipinski definition) is 2. The number of anilines is 4. The molecule has 0 aliphatic rings. The third-order valence-electron chi connectivity index (χ3n) is 8.66. The summed E-state index contributed by atoms with van der Waals surface area (Å²) in [5.41, 5.74) is 11.4. The van der Waals surface area contributed by atoms with Gasteiger partial charge in [-0.25, -0.2) is 0 Å². The molecule has 0 radical (unpaired) electrons. The fourth-order valence-corrected chi connectivity index (χ4v) is 6.29. The number of nitrogens with one attached hydrogen (secondary N) is 2. The van der Waals surface area contributed by atoms with Gasteiger partial charge in [-0.2, -0.15) is 0 Å². The zero-order chi connectivity index (χ0) is 30.7. The van der Waals surface area contributed by atoms with Gasteiger partial charge in [-0.1, -0.05) is 140 Å². The Labute approximate surface area is 269 Å². The van der Waals surface area contributed by atoms with Crippen LogP contribution in [0.1, 0.15) is 0 Å². The van der Waals surface area contributed by atoms with Crippen LogP contribution < -0.4 is 10.6 Å². The van der Waals surface area contributed by atoms with Crippen LogP contribution >= 0.6 is 0 Å². The van der Waals surface area contributed by atoms with Crippen molar-refractivity contribution in [1.29, 1.82) is 0 Å². The van der Waals surface area contributed by atoms with Gasteiger partial charge >= 0.3 is 0 Å². The molecule has 2 N–H and O–H groups in total. The average Bonchev–Trinajstić information content (AvgIpc) is 3.12. The van der Waals surface area contributed by atoms with E-state index in [9.17, 15) is 0 Å². The highest BCUT2D eigenvalue weighted by molar-refractivity contribution is 6.00. The Bertz CT molecular complexity index is 2300. The van der Waals surface area contributed by atoms with Gasteiger partial charge in [0.15, 0.2) is 0 Å². The molecule has 0 bridgehead atoms. The summed E-state index contributed by atoms with van der Waals surface area (Å²) < 4.78 is 0. The van der Waals surface area contributed by atoms with Crippen molar-refractivity contribution in [3.8, 4) is 33.4 Å². The van der Waals surface area contributed by atoms with E-state index in [0.717, 1.165) is 22.7 Å². The molecule has 0 saturated carbocycles. The predicted octanol–water partition coefficient (Wildman–Crippen LogP) is 12.5. The van der Waals surface area contributed by atoms with Gasteiger partial charge in [0.1, 0.15) is 0 Å². The Morgan fingerprint density at radius 1 is 0.283 bits per heavy atom. The summed E-state index contributed by atoms with van der Waals surface area (Å²) >= 11 is 0. The third-order valence-corrected chi connectivity index (χ3v) is 8.66. The Morgan fingerprint density at radius 2 is 0.761 bits per heavy atom.